The van der Waals surface area contributed by atoms with Gasteiger partial charge < -0.3 is 9.47 Å². The molecule has 0 amide bonds. The van der Waals surface area contributed by atoms with Crippen LogP contribution in [0.15, 0.2) is 24.3 Å². The summed E-state index contributed by atoms with van der Waals surface area (Å²) in [5.74, 6) is 0. The zero-order valence-corrected chi connectivity index (χ0v) is 10.2. The molecule has 1 fully saturated rings. The van der Waals surface area contributed by atoms with Crippen LogP contribution in [-0.2, 0) is 15.1 Å². The van der Waals surface area contributed by atoms with Crippen molar-refractivity contribution in [3.05, 3.63) is 35.4 Å². The molecule has 1 aromatic carbocycles. The molecule has 0 N–H and O–H groups in total. The summed E-state index contributed by atoms with van der Waals surface area (Å²) in [7, 11) is 1.68. The third-order valence-electron chi connectivity index (χ3n) is 3.44. The Kier molecular flexibility index (Phi) is 3.62. The van der Waals surface area contributed by atoms with Crippen LogP contribution in [0.4, 0.5) is 0 Å². The van der Waals surface area contributed by atoms with Gasteiger partial charge in [-0.1, -0.05) is 42.7 Å². The lowest BCUT2D eigenvalue weighted by molar-refractivity contribution is -0.132. The van der Waals surface area contributed by atoms with E-state index >= 15 is 0 Å². The minimum Gasteiger partial charge on any atom is -0.359 e. The fourth-order valence-corrected chi connectivity index (χ4v) is 2.49. The lowest BCUT2D eigenvalue weighted by atomic mass is 9.91. The van der Waals surface area contributed by atoms with Crippen molar-refractivity contribution in [2.75, 3.05) is 13.9 Å². The summed E-state index contributed by atoms with van der Waals surface area (Å²) < 4.78 is 11.0. The second kappa shape index (κ2) is 4.98. The zero-order valence-electron chi connectivity index (χ0n) is 10.2. The molecular weight excluding hydrogens is 200 g/mol. The largest absolute Gasteiger partial charge is 0.359 e. The van der Waals surface area contributed by atoms with E-state index in [1.54, 1.807) is 7.11 Å². The number of aryl methyl sites for hydroxylation is 1. The molecule has 2 heteroatoms. The fraction of sp³-hybridized carbons (Fsp3) is 0.571. The molecule has 2 nitrogen and oxygen atoms in total. The monoisotopic (exact) mass is 220 g/mol. The Labute approximate surface area is 97.6 Å². The normalized spacial score (nSPS) is 18.9. The Hall–Kier alpha value is -0.860. The number of ether oxygens (including phenoxy) is 2. The standard InChI is InChI=1S/C14H20O2/c1-12-5-7-13(8-6-12)14(16-11-15-2)9-3-4-10-14/h5-8H,3-4,9-11H2,1-2H3. The molecule has 0 heterocycles. The van der Waals surface area contributed by atoms with Gasteiger partial charge >= 0.3 is 0 Å². The molecule has 2 rings (SSSR count). The Bertz CT molecular complexity index is 323. The van der Waals surface area contributed by atoms with Gasteiger partial charge in [-0.25, -0.2) is 0 Å². The zero-order chi connectivity index (χ0) is 11.4. The summed E-state index contributed by atoms with van der Waals surface area (Å²) >= 11 is 0. The number of benzene rings is 1. The molecule has 1 aromatic rings. The maximum atomic E-state index is 5.94. The third kappa shape index (κ3) is 2.28. The van der Waals surface area contributed by atoms with Gasteiger partial charge in [-0.05, 0) is 25.3 Å². The second-order valence-electron chi connectivity index (χ2n) is 4.62. The van der Waals surface area contributed by atoms with Crippen LogP contribution < -0.4 is 0 Å². The van der Waals surface area contributed by atoms with E-state index < -0.39 is 0 Å². The molecule has 0 aromatic heterocycles. The molecule has 88 valence electrons. The molecule has 0 spiro atoms. The molecule has 16 heavy (non-hydrogen) atoms. The summed E-state index contributed by atoms with van der Waals surface area (Å²) in [6, 6.07) is 8.70. The van der Waals surface area contributed by atoms with Crippen molar-refractivity contribution in [1.29, 1.82) is 0 Å². The van der Waals surface area contributed by atoms with Crippen LogP contribution in [0.25, 0.3) is 0 Å². The van der Waals surface area contributed by atoms with Crippen molar-refractivity contribution in [3.8, 4) is 0 Å². The van der Waals surface area contributed by atoms with Gasteiger partial charge in [0.15, 0.2) is 0 Å². The van der Waals surface area contributed by atoms with Gasteiger partial charge in [0, 0.05) is 7.11 Å². The third-order valence-corrected chi connectivity index (χ3v) is 3.44. The van der Waals surface area contributed by atoms with Crippen LogP contribution in [0.1, 0.15) is 36.8 Å². The van der Waals surface area contributed by atoms with Crippen molar-refractivity contribution in [1.82, 2.24) is 0 Å². The first-order valence-electron chi connectivity index (χ1n) is 5.97. The highest BCUT2D eigenvalue weighted by molar-refractivity contribution is 5.27. The minimum atomic E-state index is -0.0935. The first-order chi connectivity index (χ1) is 7.77. The predicted molar refractivity (Wildman–Crippen MR) is 64.3 cm³/mol. The Morgan fingerprint density at radius 3 is 2.31 bits per heavy atom. The van der Waals surface area contributed by atoms with E-state index in [1.807, 2.05) is 0 Å². The predicted octanol–water partition coefficient (Wildman–Crippen LogP) is 3.38. The van der Waals surface area contributed by atoms with E-state index in [0.717, 1.165) is 12.8 Å². The number of hydrogen-bond acceptors (Lipinski definition) is 2. The van der Waals surface area contributed by atoms with Crippen molar-refractivity contribution in [2.45, 2.75) is 38.2 Å². The van der Waals surface area contributed by atoms with Gasteiger partial charge in [0.05, 0.1) is 5.60 Å². The maximum Gasteiger partial charge on any atom is 0.147 e. The van der Waals surface area contributed by atoms with Crippen molar-refractivity contribution < 1.29 is 9.47 Å². The number of methoxy groups -OCH3 is 1. The molecule has 1 aliphatic carbocycles. The summed E-state index contributed by atoms with van der Waals surface area (Å²) in [5, 5.41) is 0. The van der Waals surface area contributed by atoms with Crippen LogP contribution in [-0.4, -0.2) is 13.9 Å². The molecule has 1 saturated carbocycles. The molecule has 1 aliphatic rings. The van der Waals surface area contributed by atoms with Gasteiger partial charge in [0.2, 0.25) is 0 Å². The Morgan fingerprint density at radius 2 is 1.75 bits per heavy atom. The average Bonchev–Trinajstić information content (AvgIpc) is 2.77. The van der Waals surface area contributed by atoms with Gasteiger partial charge in [-0.3, -0.25) is 0 Å². The van der Waals surface area contributed by atoms with Crippen LogP contribution in [0, 0.1) is 6.92 Å². The van der Waals surface area contributed by atoms with E-state index in [-0.39, 0.29) is 5.60 Å². The average molecular weight is 220 g/mol. The van der Waals surface area contributed by atoms with Crippen LogP contribution in [0.3, 0.4) is 0 Å². The van der Waals surface area contributed by atoms with E-state index in [1.165, 1.54) is 24.0 Å². The second-order valence-corrected chi connectivity index (χ2v) is 4.62. The highest BCUT2D eigenvalue weighted by Gasteiger charge is 2.36. The van der Waals surface area contributed by atoms with Crippen LogP contribution in [0.5, 0.6) is 0 Å². The summed E-state index contributed by atoms with van der Waals surface area (Å²) in [4.78, 5) is 0. The maximum absolute atomic E-state index is 5.94. The van der Waals surface area contributed by atoms with Crippen molar-refractivity contribution >= 4 is 0 Å². The van der Waals surface area contributed by atoms with Crippen LogP contribution >= 0.6 is 0 Å². The van der Waals surface area contributed by atoms with Gasteiger partial charge in [0.1, 0.15) is 6.79 Å². The summed E-state index contributed by atoms with van der Waals surface area (Å²) in [6.07, 6.45) is 4.72. The molecule has 0 atom stereocenters. The lowest BCUT2D eigenvalue weighted by Gasteiger charge is -2.29. The lowest BCUT2D eigenvalue weighted by Crippen LogP contribution is -2.27. The molecular formula is C14H20O2. The van der Waals surface area contributed by atoms with Crippen molar-refractivity contribution in [2.24, 2.45) is 0 Å². The highest BCUT2D eigenvalue weighted by atomic mass is 16.7. The van der Waals surface area contributed by atoms with E-state index in [4.69, 9.17) is 9.47 Å². The molecule has 0 saturated heterocycles. The topological polar surface area (TPSA) is 18.5 Å². The SMILES string of the molecule is COCOC1(c2ccc(C)cc2)CCCC1. The van der Waals surface area contributed by atoms with E-state index in [0.29, 0.717) is 6.79 Å². The van der Waals surface area contributed by atoms with Crippen LogP contribution in [0.2, 0.25) is 0 Å². The van der Waals surface area contributed by atoms with Gasteiger partial charge in [0.25, 0.3) is 0 Å². The fourth-order valence-electron chi connectivity index (χ4n) is 2.49. The number of hydrogen-bond donors (Lipinski definition) is 0. The molecule has 0 aliphatic heterocycles. The van der Waals surface area contributed by atoms with Crippen molar-refractivity contribution in [3.63, 3.8) is 0 Å². The first kappa shape index (κ1) is 11.6. The smallest absolute Gasteiger partial charge is 0.147 e. The van der Waals surface area contributed by atoms with Gasteiger partial charge in [-0.2, -0.15) is 0 Å². The molecule has 0 bridgehead atoms. The first-order valence-corrected chi connectivity index (χ1v) is 5.97. The quantitative estimate of drug-likeness (QED) is 0.724. The molecule has 0 radical (unpaired) electrons. The van der Waals surface area contributed by atoms with Gasteiger partial charge in [-0.15, -0.1) is 0 Å². The molecule has 0 unspecified atom stereocenters. The summed E-state index contributed by atoms with van der Waals surface area (Å²) in [6.45, 7) is 2.50. The summed E-state index contributed by atoms with van der Waals surface area (Å²) in [5.41, 5.74) is 2.50. The Balaban J connectivity index is 2.21. The highest BCUT2D eigenvalue weighted by Crippen LogP contribution is 2.42. The van der Waals surface area contributed by atoms with E-state index in [2.05, 4.69) is 31.2 Å². The minimum absolute atomic E-state index is 0.0935. The Morgan fingerprint density at radius 1 is 1.12 bits per heavy atom. The van der Waals surface area contributed by atoms with E-state index in [9.17, 15) is 0 Å². The number of rotatable bonds is 4.